The number of ether oxygens (including phenoxy) is 1. The van der Waals surface area contributed by atoms with Crippen LogP contribution in [0.25, 0.3) is 0 Å². The number of carbonyl (C=O) groups is 1. The summed E-state index contributed by atoms with van der Waals surface area (Å²) in [5.41, 5.74) is 0. The van der Waals surface area contributed by atoms with Gasteiger partial charge in [-0.05, 0) is 0 Å². The minimum Gasteiger partial charge on any atom is -0.370 e. The number of aromatic nitrogens is 2. The molecule has 0 radical (unpaired) electrons. The van der Waals surface area contributed by atoms with Crippen LogP contribution in [0.5, 0.6) is 0 Å². The van der Waals surface area contributed by atoms with E-state index in [1.54, 1.807) is 0 Å². The third-order valence-electron chi connectivity index (χ3n) is 1.53. The molecule has 1 heterocycles. The smallest absolute Gasteiger partial charge is 0.370 e. The molecule has 0 aliphatic heterocycles. The number of halogens is 3. The molecule has 1 N–H and O–H groups in total. The van der Waals surface area contributed by atoms with E-state index in [9.17, 15) is 18.0 Å². The van der Waals surface area contributed by atoms with E-state index < -0.39 is 18.8 Å². The second kappa shape index (κ2) is 5.50. The molecular weight excluding hydrogens is 227 g/mol. The van der Waals surface area contributed by atoms with Crippen molar-refractivity contribution in [2.75, 3.05) is 19.8 Å². The predicted molar refractivity (Wildman–Crippen MR) is 47.9 cm³/mol. The lowest BCUT2D eigenvalue weighted by Crippen LogP contribution is -2.31. The van der Waals surface area contributed by atoms with E-state index in [-0.39, 0.29) is 13.2 Å². The fraction of sp³-hybridized carbons (Fsp3) is 0.500. The molecule has 0 aliphatic rings. The molecule has 0 saturated carbocycles. The number of carbonyl (C=O) groups excluding carboxylic acids is 1. The standard InChI is InChI=1S/C8H10F3N3O2/c9-8(10,11)5-16-4-2-13-7(15)14-3-1-12-6-14/h1,3,6H,2,4-5H2,(H,13,15). The van der Waals surface area contributed by atoms with Gasteiger partial charge in [0.2, 0.25) is 0 Å². The van der Waals surface area contributed by atoms with Crippen LogP contribution < -0.4 is 5.32 Å². The highest BCUT2D eigenvalue weighted by molar-refractivity contribution is 5.76. The highest BCUT2D eigenvalue weighted by Crippen LogP contribution is 2.13. The van der Waals surface area contributed by atoms with Gasteiger partial charge < -0.3 is 10.1 Å². The molecule has 1 aromatic heterocycles. The Morgan fingerprint density at radius 3 is 2.81 bits per heavy atom. The van der Waals surface area contributed by atoms with Crippen LogP contribution in [0.1, 0.15) is 0 Å². The zero-order valence-electron chi connectivity index (χ0n) is 8.20. The quantitative estimate of drug-likeness (QED) is 0.795. The minimum absolute atomic E-state index is 0.00704. The second-order valence-corrected chi connectivity index (χ2v) is 2.87. The number of rotatable bonds is 4. The van der Waals surface area contributed by atoms with Crippen molar-refractivity contribution < 1.29 is 22.7 Å². The molecule has 1 aromatic rings. The Bertz CT molecular complexity index is 324. The van der Waals surface area contributed by atoms with Crippen molar-refractivity contribution in [3.63, 3.8) is 0 Å². The number of nitrogens with zero attached hydrogens (tertiary/aromatic N) is 2. The number of alkyl halides is 3. The number of nitrogens with one attached hydrogen (secondary N) is 1. The topological polar surface area (TPSA) is 56.1 Å². The van der Waals surface area contributed by atoms with Crippen LogP contribution in [0, 0.1) is 0 Å². The van der Waals surface area contributed by atoms with E-state index in [4.69, 9.17) is 0 Å². The molecule has 1 amide bonds. The summed E-state index contributed by atoms with van der Waals surface area (Å²) in [6, 6.07) is -0.465. The molecule has 1 rings (SSSR count). The van der Waals surface area contributed by atoms with Gasteiger partial charge in [0.15, 0.2) is 0 Å². The van der Waals surface area contributed by atoms with E-state index in [1.165, 1.54) is 23.3 Å². The van der Waals surface area contributed by atoms with Crippen LogP contribution in [0.15, 0.2) is 18.7 Å². The predicted octanol–water partition coefficient (Wildman–Crippen LogP) is 1.02. The Hall–Kier alpha value is -1.57. The molecule has 16 heavy (non-hydrogen) atoms. The summed E-state index contributed by atoms with van der Waals surface area (Å²) >= 11 is 0. The van der Waals surface area contributed by atoms with Crippen molar-refractivity contribution in [1.29, 1.82) is 0 Å². The number of hydrogen-bond donors (Lipinski definition) is 1. The van der Waals surface area contributed by atoms with Gasteiger partial charge in [-0.1, -0.05) is 0 Å². The zero-order chi connectivity index (χ0) is 12.0. The average Bonchev–Trinajstić information content (AvgIpc) is 2.67. The first kappa shape index (κ1) is 12.5. The Balaban J connectivity index is 2.10. The van der Waals surface area contributed by atoms with Crippen LogP contribution >= 0.6 is 0 Å². The third kappa shape index (κ3) is 4.78. The maximum absolute atomic E-state index is 11.6. The Morgan fingerprint density at radius 1 is 1.50 bits per heavy atom. The van der Waals surface area contributed by atoms with Crippen molar-refractivity contribution in [2.24, 2.45) is 0 Å². The van der Waals surface area contributed by atoms with Crippen LogP contribution in [-0.4, -0.2) is 41.5 Å². The van der Waals surface area contributed by atoms with E-state index in [0.717, 1.165) is 0 Å². The first-order chi connectivity index (χ1) is 7.49. The third-order valence-corrected chi connectivity index (χ3v) is 1.53. The molecular formula is C8H10F3N3O2. The van der Waals surface area contributed by atoms with Gasteiger partial charge in [-0.25, -0.2) is 9.78 Å². The molecule has 0 spiro atoms. The summed E-state index contributed by atoms with van der Waals surface area (Å²) in [6.45, 7) is -1.50. The van der Waals surface area contributed by atoms with E-state index in [0.29, 0.717) is 0 Å². The molecule has 90 valence electrons. The van der Waals surface area contributed by atoms with Crippen molar-refractivity contribution in [3.8, 4) is 0 Å². The Kier molecular flexibility index (Phi) is 4.29. The highest BCUT2D eigenvalue weighted by Gasteiger charge is 2.27. The number of amides is 1. The number of imidazole rings is 1. The maximum Gasteiger partial charge on any atom is 0.411 e. The van der Waals surface area contributed by atoms with E-state index >= 15 is 0 Å². The molecule has 8 heteroatoms. The molecule has 0 saturated heterocycles. The van der Waals surface area contributed by atoms with Gasteiger partial charge in [0.25, 0.3) is 0 Å². The summed E-state index contributed by atoms with van der Waals surface area (Å²) in [4.78, 5) is 14.8. The van der Waals surface area contributed by atoms with Crippen molar-refractivity contribution in [3.05, 3.63) is 18.7 Å². The van der Waals surface area contributed by atoms with Gasteiger partial charge in [-0.15, -0.1) is 0 Å². The second-order valence-electron chi connectivity index (χ2n) is 2.87. The maximum atomic E-state index is 11.6. The first-order valence-corrected chi connectivity index (χ1v) is 4.40. The first-order valence-electron chi connectivity index (χ1n) is 4.40. The number of hydrogen-bond acceptors (Lipinski definition) is 3. The Morgan fingerprint density at radius 2 is 2.25 bits per heavy atom. The molecule has 0 aromatic carbocycles. The van der Waals surface area contributed by atoms with Crippen molar-refractivity contribution >= 4 is 6.03 Å². The summed E-state index contributed by atoms with van der Waals surface area (Å²) in [5, 5.41) is 2.36. The molecule has 0 bridgehead atoms. The normalized spacial score (nSPS) is 11.4. The fourth-order valence-electron chi connectivity index (χ4n) is 0.889. The van der Waals surface area contributed by atoms with E-state index in [1.807, 2.05) is 0 Å². The van der Waals surface area contributed by atoms with E-state index in [2.05, 4.69) is 15.0 Å². The minimum atomic E-state index is -4.34. The lowest BCUT2D eigenvalue weighted by atomic mass is 10.6. The SMILES string of the molecule is O=C(NCCOCC(F)(F)F)n1ccnc1. The molecule has 5 nitrogen and oxygen atoms in total. The average molecular weight is 237 g/mol. The van der Waals surface area contributed by atoms with Crippen LogP contribution in [0.2, 0.25) is 0 Å². The van der Waals surface area contributed by atoms with Gasteiger partial charge in [0.1, 0.15) is 12.9 Å². The highest BCUT2D eigenvalue weighted by atomic mass is 19.4. The van der Waals surface area contributed by atoms with Crippen molar-refractivity contribution in [1.82, 2.24) is 14.9 Å². The fourth-order valence-corrected chi connectivity index (χ4v) is 0.889. The molecule has 0 unspecified atom stereocenters. The largest absolute Gasteiger partial charge is 0.411 e. The summed E-state index contributed by atoms with van der Waals surface area (Å²) < 4.78 is 40.4. The van der Waals surface area contributed by atoms with Gasteiger partial charge in [0, 0.05) is 18.9 Å². The van der Waals surface area contributed by atoms with Crippen LogP contribution in [-0.2, 0) is 4.74 Å². The lowest BCUT2D eigenvalue weighted by Gasteiger charge is -2.08. The Labute approximate surface area is 89.2 Å². The molecule has 0 fully saturated rings. The molecule has 0 atom stereocenters. The van der Waals surface area contributed by atoms with Crippen LogP contribution in [0.3, 0.4) is 0 Å². The summed E-state index contributed by atoms with van der Waals surface area (Å²) in [7, 11) is 0. The zero-order valence-corrected chi connectivity index (χ0v) is 8.20. The van der Waals surface area contributed by atoms with Crippen LogP contribution in [0.4, 0.5) is 18.0 Å². The van der Waals surface area contributed by atoms with Gasteiger partial charge in [-0.3, -0.25) is 4.57 Å². The molecule has 0 aliphatic carbocycles. The van der Waals surface area contributed by atoms with Gasteiger partial charge in [-0.2, -0.15) is 13.2 Å². The summed E-state index contributed by atoms with van der Waals surface area (Å²) in [5.74, 6) is 0. The van der Waals surface area contributed by atoms with Gasteiger partial charge >= 0.3 is 12.2 Å². The van der Waals surface area contributed by atoms with Crippen molar-refractivity contribution in [2.45, 2.75) is 6.18 Å². The lowest BCUT2D eigenvalue weighted by molar-refractivity contribution is -0.173. The van der Waals surface area contributed by atoms with Gasteiger partial charge in [0.05, 0.1) is 6.61 Å². The summed E-state index contributed by atoms with van der Waals surface area (Å²) in [6.07, 6.45) is -0.216. The monoisotopic (exact) mass is 237 g/mol.